The highest BCUT2D eigenvalue weighted by atomic mass is 35.5. The molecule has 1 heterocycles. The molecule has 3 rings (SSSR count). The molecular weight excluding hydrogens is 330 g/mol. The number of aliphatic imine (C=N–C) groups is 1. The lowest BCUT2D eigenvalue weighted by atomic mass is 9.94. The van der Waals surface area contributed by atoms with Crippen molar-refractivity contribution in [3.05, 3.63) is 29.3 Å². The van der Waals surface area contributed by atoms with Gasteiger partial charge in [-0.1, -0.05) is 55.6 Å². The Kier molecular flexibility index (Phi) is 5.49. The lowest BCUT2D eigenvalue weighted by Gasteiger charge is -2.33. The number of amidine groups is 1. The number of nitrogens with one attached hydrogen (secondary N) is 1. The van der Waals surface area contributed by atoms with Crippen LogP contribution in [-0.2, 0) is 0 Å². The fourth-order valence-electron chi connectivity index (χ4n) is 3.09. The normalized spacial score (nSPS) is 21.8. The van der Waals surface area contributed by atoms with Gasteiger partial charge in [-0.3, -0.25) is 9.89 Å². The van der Waals surface area contributed by atoms with Gasteiger partial charge in [-0.05, 0) is 31.0 Å². The van der Waals surface area contributed by atoms with Crippen molar-refractivity contribution in [2.75, 3.05) is 11.9 Å². The summed E-state index contributed by atoms with van der Waals surface area (Å²) in [5.74, 6) is 0. The Bertz CT molecular complexity index is 601. The number of halogens is 1. The molecule has 1 fully saturated rings. The van der Waals surface area contributed by atoms with Crippen LogP contribution < -0.4 is 5.32 Å². The summed E-state index contributed by atoms with van der Waals surface area (Å²) in [6.07, 6.45) is 5.72. The Balaban J connectivity index is 1.77. The van der Waals surface area contributed by atoms with E-state index in [1.807, 2.05) is 17.0 Å². The van der Waals surface area contributed by atoms with E-state index in [4.69, 9.17) is 11.6 Å². The second-order valence-corrected chi connectivity index (χ2v) is 8.00. The average molecular weight is 352 g/mol. The van der Waals surface area contributed by atoms with Crippen LogP contribution in [0.2, 0.25) is 5.02 Å². The predicted octanol–water partition coefficient (Wildman–Crippen LogP) is 5.00. The van der Waals surface area contributed by atoms with Gasteiger partial charge in [0.2, 0.25) is 0 Å². The van der Waals surface area contributed by atoms with E-state index < -0.39 is 0 Å². The first-order valence-electron chi connectivity index (χ1n) is 8.20. The van der Waals surface area contributed by atoms with Crippen molar-refractivity contribution in [1.82, 2.24) is 4.90 Å². The SMILES string of the molecule is CC1CN=C(N(C(=O)Nc2cccc(Cl)c2)C2CCCCC2)S1. The van der Waals surface area contributed by atoms with Gasteiger partial charge in [-0.15, -0.1) is 0 Å². The average Bonchev–Trinajstić information content (AvgIpc) is 2.94. The smallest absolute Gasteiger partial charge is 0.307 e. The molecule has 1 atom stereocenters. The van der Waals surface area contributed by atoms with Gasteiger partial charge in [0.15, 0.2) is 5.17 Å². The highest BCUT2D eigenvalue weighted by Gasteiger charge is 2.32. The van der Waals surface area contributed by atoms with Crippen molar-refractivity contribution in [2.45, 2.75) is 50.3 Å². The lowest BCUT2D eigenvalue weighted by molar-refractivity contribution is 0.209. The Hall–Kier alpha value is -1.20. The van der Waals surface area contributed by atoms with Gasteiger partial charge in [0.05, 0.1) is 6.54 Å². The van der Waals surface area contributed by atoms with Crippen molar-refractivity contribution in [3.8, 4) is 0 Å². The second-order valence-electron chi connectivity index (χ2n) is 6.15. The number of benzene rings is 1. The third-order valence-electron chi connectivity index (χ3n) is 4.23. The second kappa shape index (κ2) is 7.58. The van der Waals surface area contributed by atoms with Crippen molar-refractivity contribution in [3.63, 3.8) is 0 Å². The van der Waals surface area contributed by atoms with E-state index in [2.05, 4.69) is 17.2 Å². The molecule has 6 heteroatoms. The zero-order valence-electron chi connectivity index (χ0n) is 13.3. The van der Waals surface area contributed by atoms with E-state index in [0.29, 0.717) is 10.3 Å². The first kappa shape index (κ1) is 16.7. The van der Waals surface area contributed by atoms with E-state index in [1.54, 1.807) is 23.9 Å². The molecule has 0 saturated heterocycles. The lowest BCUT2D eigenvalue weighted by Crippen LogP contribution is -2.46. The van der Waals surface area contributed by atoms with Gasteiger partial charge in [0.25, 0.3) is 0 Å². The summed E-state index contributed by atoms with van der Waals surface area (Å²) in [7, 11) is 0. The van der Waals surface area contributed by atoms with E-state index in [9.17, 15) is 4.79 Å². The zero-order chi connectivity index (χ0) is 16.2. The standard InChI is InChI=1S/C17H22ClN3OS/c1-12-11-19-17(23-12)21(15-8-3-2-4-9-15)16(22)20-14-7-5-6-13(18)10-14/h5-7,10,12,15H,2-4,8-9,11H2,1H3,(H,20,22). The molecule has 1 N–H and O–H groups in total. The molecule has 1 unspecified atom stereocenters. The Labute approximate surface area is 146 Å². The summed E-state index contributed by atoms with van der Waals surface area (Å²) in [6.45, 7) is 2.93. The molecule has 0 bridgehead atoms. The minimum Gasteiger partial charge on any atom is -0.307 e. The minimum absolute atomic E-state index is 0.0977. The fourth-order valence-corrected chi connectivity index (χ4v) is 4.29. The summed E-state index contributed by atoms with van der Waals surface area (Å²) in [6, 6.07) is 7.42. The molecule has 1 aliphatic heterocycles. The Morgan fingerprint density at radius 1 is 1.35 bits per heavy atom. The number of hydrogen-bond acceptors (Lipinski definition) is 3. The fraction of sp³-hybridized carbons (Fsp3) is 0.529. The highest BCUT2D eigenvalue weighted by molar-refractivity contribution is 8.14. The summed E-state index contributed by atoms with van der Waals surface area (Å²) in [4.78, 5) is 19.4. The summed E-state index contributed by atoms with van der Waals surface area (Å²) in [5.41, 5.74) is 0.722. The predicted molar refractivity (Wildman–Crippen MR) is 98.5 cm³/mol. The Morgan fingerprint density at radius 2 is 2.13 bits per heavy atom. The van der Waals surface area contributed by atoms with Crippen LogP contribution in [0, 0.1) is 0 Å². The van der Waals surface area contributed by atoms with E-state index in [0.717, 1.165) is 30.2 Å². The minimum atomic E-state index is -0.0977. The quantitative estimate of drug-likeness (QED) is 0.815. The van der Waals surface area contributed by atoms with Crippen LogP contribution in [0.25, 0.3) is 0 Å². The van der Waals surface area contributed by atoms with Crippen LogP contribution in [-0.4, -0.2) is 33.9 Å². The van der Waals surface area contributed by atoms with Crippen LogP contribution in [0.15, 0.2) is 29.3 Å². The van der Waals surface area contributed by atoms with Crippen LogP contribution in [0.4, 0.5) is 10.5 Å². The molecule has 23 heavy (non-hydrogen) atoms. The Morgan fingerprint density at radius 3 is 2.78 bits per heavy atom. The van der Waals surface area contributed by atoms with Gasteiger partial charge in [0, 0.05) is 22.0 Å². The number of hydrogen-bond donors (Lipinski definition) is 1. The van der Waals surface area contributed by atoms with Gasteiger partial charge in [-0.2, -0.15) is 0 Å². The molecule has 0 spiro atoms. The molecule has 1 aromatic rings. The van der Waals surface area contributed by atoms with Crippen LogP contribution >= 0.6 is 23.4 Å². The summed E-state index contributed by atoms with van der Waals surface area (Å²) >= 11 is 7.71. The van der Waals surface area contributed by atoms with Crippen molar-refractivity contribution in [2.24, 2.45) is 4.99 Å². The van der Waals surface area contributed by atoms with E-state index in [-0.39, 0.29) is 12.1 Å². The van der Waals surface area contributed by atoms with Gasteiger partial charge >= 0.3 is 6.03 Å². The maximum atomic E-state index is 12.9. The number of anilines is 1. The van der Waals surface area contributed by atoms with Crippen molar-refractivity contribution < 1.29 is 4.79 Å². The summed E-state index contributed by atoms with van der Waals surface area (Å²) in [5, 5.41) is 4.90. The van der Waals surface area contributed by atoms with Gasteiger partial charge in [-0.25, -0.2) is 4.79 Å². The van der Waals surface area contributed by atoms with Crippen molar-refractivity contribution in [1.29, 1.82) is 0 Å². The topological polar surface area (TPSA) is 44.7 Å². The van der Waals surface area contributed by atoms with Crippen LogP contribution in [0.1, 0.15) is 39.0 Å². The number of rotatable bonds is 2. The number of carbonyl (C=O) groups is 1. The maximum Gasteiger partial charge on any atom is 0.328 e. The van der Waals surface area contributed by atoms with E-state index in [1.165, 1.54) is 19.3 Å². The number of nitrogens with zero attached hydrogens (tertiary/aromatic N) is 2. The molecule has 2 amide bonds. The molecule has 124 valence electrons. The molecule has 1 saturated carbocycles. The number of thioether (sulfide) groups is 1. The van der Waals surface area contributed by atoms with Crippen LogP contribution in [0.3, 0.4) is 0 Å². The number of carbonyl (C=O) groups excluding carboxylic acids is 1. The molecule has 1 aromatic carbocycles. The number of amides is 2. The first-order chi connectivity index (χ1) is 11.1. The molecule has 4 nitrogen and oxygen atoms in total. The third-order valence-corrected chi connectivity index (χ3v) is 5.55. The number of urea groups is 1. The van der Waals surface area contributed by atoms with Gasteiger partial charge in [0.1, 0.15) is 0 Å². The summed E-state index contributed by atoms with van der Waals surface area (Å²) < 4.78 is 0. The zero-order valence-corrected chi connectivity index (χ0v) is 14.9. The van der Waals surface area contributed by atoms with Crippen LogP contribution in [0.5, 0.6) is 0 Å². The highest BCUT2D eigenvalue weighted by Crippen LogP contribution is 2.30. The molecule has 1 aliphatic carbocycles. The molecule has 0 aromatic heterocycles. The van der Waals surface area contributed by atoms with Gasteiger partial charge < -0.3 is 5.32 Å². The monoisotopic (exact) mass is 351 g/mol. The largest absolute Gasteiger partial charge is 0.328 e. The maximum absolute atomic E-state index is 12.9. The van der Waals surface area contributed by atoms with E-state index >= 15 is 0 Å². The molecule has 2 aliphatic rings. The molecule has 0 radical (unpaired) electrons. The van der Waals surface area contributed by atoms with Crippen molar-refractivity contribution >= 4 is 40.2 Å². The first-order valence-corrected chi connectivity index (χ1v) is 9.46. The third kappa shape index (κ3) is 4.21. The molecular formula is C17H22ClN3OS.